The molecule has 0 saturated heterocycles. The van der Waals surface area contributed by atoms with E-state index < -0.39 is 0 Å². The number of hydrogen-bond acceptors (Lipinski definition) is 0. The Morgan fingerprint density at radius 2 is 0.381 bits per heavy atom. The minimum Gasteiger partial charge on any atom is -0.0928 e. The van der Waals surface area contributed by atoms with Crippen LogP contribution < -0.4 is 0 Å². The fraction of sp³-hybridized carbons (Fsp3) is 1.00. The lowest BCUT2D eigenvalue weighted by Crippen LogP contribution is -1.84. The Morgan fingerprint density at radius 3 is 0.524 bits per heavy atom. The molecule has 0 bridgehead atoms. The van der Waals surface area contributed by atoms with E-state index in [0.717, 1.165) is 0 Å². The second-order valence-corrected chi connectivity index (χ2v) is 7.97. The summed E-state index contributed by atoms with van der Waals surface area (Å²) in [5.41, 5.74) is 0. The predicted molar refractivity (Wildman–Crippen MR) is 106 cm³/mol. The van der Waals surface area contributed by atoms with Gasteiger partial charge in [0, 0.05) is 10.7 Å². The van der Waals surface area contributed by atoms with Gasteiger partial charge in [-0.3, -0.25) is 0 Å². The lowest BCUT2D eigenvalue weighted by Gasteiger charge is -2.03. The van der Waals surface area contributed by atoms with Crippen molar-refractivity contribution in [3.63, 3.8) is 0 Å². The van der Waals surface area contributed by atoms with E-state index in [-0.39, 0.29) is 0 Å². The van der Waals surface area contributed by atoms with Gasteiger partial charge in [-0.15, -0.1) is 0 Å². The van der Waals surface area contributed by atoms with Crippen LogP contribution in [0.15, 0.2) is 0 Å². The monoisotopic (exact) mass is 424 g/mol. The predicted octanol–water partition coefficient (Wildman–Crippen LogP) is 8.41. The molecule has 0 saturated carbocycles. The summed E-state index contributed by atoms with van der Waals surface area (Å²) in [6, 6.07) is 0. The Hall–Kier alpha value is 0.960. The van der Waals surface area contributed by atoms with Crippen molar-refractivity contribution in [1.82, 2.24) is 0 Å². The molecule has 0 spiro atoms. The molecular weight excluding hydrogens is 388 g/mol. The first-order valence-electron chi connectivity index (χ1n) is 9.53. The highest BCUT2D eigenvalue weighted by atomic mass is 79.9. The van der Waals surface area contributed by atoms with Crippen LogP contribution in [-0.2, 0) is 0 Å². The highest BCUT2D eigenvalue weighted by molar-refractivity contribution is 9.09. The van der Waals surface area contributed by atoms with Crippen LogP contribution in [0.25, 0.3) is 0 Å². The van der Waals surface area contributed by atoms with E-state index in [4.69, 9.17) is 0 Å². The maximum Gasteiger partial charge on any atom is 0.00313 e. The van der Waals surface area contributed by atoms with Crippen LogP contribution in [0.1, 0.15) is 109 Å². The average Bonchev–Trinajstić information content (AvgIpc) is 2.50. The summed E-state index contributed by atoms with van der Waals surface area (Å²) in [6.07, 6.45) is 24.6. The fourth-order valence-corrected chi connectivity index (χ4v) is 3.63. The molecule has 0 radical (unpaired) electrons. The summed E-state index contributed by atoms with van der Waals surface area (Å²) < 4.78 is 0. The molecule has 128 valence electrons. The summed E-state index contributed by atoms with van der Waals surface area (Å²) in [5, 5.41) is 2.37. The number of hydrogen-bond donors (Lipinski definition) is 0. The van der Waals surface area contributed by atoms with Crippen LogP contribution >= 0.6 is 31.9 Å². The van der Waals surface area contributed by atoms with Crippen molar-refractivity contribution in [2.24, 2.45) is 0 Å². The van der Waals surface area contributed by atoms with Gasteiger partial charge in [-0.1, -0.05) is 128 Å². The molecule has 0 nitrogen and oxygen atoms in total. The zero-order valence-electron chi connectivity index (χ0n) is 14.2. The van der Waals surface area contributed by atoms with Gasteiger partial charge >= 0.3 is 0 Å². The third kappa shape index (κ3) is 21.0. The van der Waals surface area contributed by atoms with Gasteiger partial charge in [0.25, 0.3) is 0 Å². The van der Waals surface area contributed by atoms with Gasteiger partial charge in [-0.2, -0.15) is 0 Å². The zero-order chi connectivity index (χ0) is 15.4. The number of unbranched alkanes of at least 4 members (excludes halogenated alkanes) is 16. The van der Waals surface area contributed by atoms with Crippen LogP contribution in [0.3, 0.4) is 0 Å². The molecule has 0 aromatic heterocycles. The van der Waals surface area contributed by atoms with E-state index >= 15 is 0 Å². The quantitative estimate of drug-likeness (QED) is 0.152. The molecule has 2 heteroatoms. The van der Waals surface area contributed by atoms with Crippen LogP contribution in [0.5, 0.6) is 0 Å². The third-order valence-corrected chi connectivity index (χ3v) is 5.39. The Kier molecular flexibility index (Phi) is 21.9. The molecule has 0 atom stereocenters. The topological polar surface area (TPSA) is 0 Å². The summed E-state index contributed by atoms with van der Waals surface area (Å²) >= 11 is 6.99. The van der Waals surface area contributed by atoms with Gasteiger partial charge in [0.15, 0.2) is 0 Å². The van der Waals surface area contributed by atoms with Crippen molar-refractivity contribution in [3.8, 4) is 0 Å². The van der Waals surface area contributed by atoms with Gasteiger partial charge in [0.1, 0.15) is 0 Å². The summed E-state index contributed by atoms with van der Waals surface area (Å²) in [5.74, 6) is 0. The molecule has 0 aromatic rings. The molecule has 0 N–H and O–H groups in total. The highest BCUT2D eigenvalue weighted by Crippen LogP contribution is 2.14. The van der Waals surface area contributed by atoms with Gasteiger partial charge in [0.05, 0.1) is 0 Å². The van der Waals surface area contributed by atoms with E-state index in [1.807, 2.05) is 0 Å². The molecule has 0 rings (SSSR count). The molecule has 0 amide bonds. The molecule has 0 aliphatic heterocycles. The second kappa shape index (κ2) is 21.0. The average molecular weight is 426 g/mol. The second-order valence-electron chi connectivity index (χ2n) is 6.39. The number of alkyl halides is 2. The number of rotatable bonds is 18. The molecule has 0 aliphatic carbocycles. The van der Waals surface area contributed by atoms with Gasteiger partial charge < -0.3 is 0 Å². The maximum absolute atomic E-state index is 3.50. The van der Waals surface area contributed by atoms with Gasteiger partial charge in [0.2, 0.25) is 0 Å². The van der Waals surface area contributed by atoms with Crippen molar-refractivity contribution >= 4 is 31.9 Å². The van der Waals surface area contributed by atoms with Crippen molar-refractivity contribution < 1.29 is 0 Å². The molecular formula is C19H38Br2. The summed E-state index contributed by atoms with van der Waals surface area (Å²) in [6.45, 7) is 0. The van der Waals surface area contributed by atoms with Crippen LogP contribution in [-0.4, -0.2) is 10.7 Å². The largest absolute Gasteiger partial charge is 0.0928 e. The Morgan fingerprint density at radius 1 is 0.238 bits per heavy atom. The van der Waals surface area contributed by atoms with E-state index in [2.05, 4.69) is 31.9 Å². The first-order chi connectivity index (χ1) is 10.4. The van der Waals surface area contributed by atoms with Crippen LogP contribution in [0.4, 0.5) is 0 Å². The third-order valence-electron chi connectivity index (χ3n) is 4.27. The normalized spacial score (nSPS) is 11.1. The number of halogens is 2. The molecule has 21 heavy (non-hydrogen) atoms. The SMILES string of the molecule is BrCCCCCCCCCCCCCCCCCCCBr. The van der Waals surface area contributed by atoms with E-state index in [1.54, 1.807) is 0 Å². The van der Waals surface area contributed by atoms with Crippen molar-refractivity contribution in [2.45, 2.75) is 109 Å². The fourth-order valence-electron chi connectivity index (χ4n) is 2.84. The highest BCUT2D eigenvalue weighted by Gasteiger charge is 1.94. The molecule has 0 aliphatic rings. The lowest BCUT2D eigenvalue weighted by molar-refractivity contribution is 0.529. The Labute approximate surface area is 151 Å². The van der Waals surface area contributed by atoms with E-state index in [0.29, 0.717) is 0 Å². The van der Waals surface area contributed by atoms with Gasteiger partial charge in [-0.25, -0.2) is 0 Å². The summed E-state index contributed by atoms with van der Waals surface area (Å²) in [4.78, 5) is 0. The van der Waals surface area contributed by atoms with Crippen molar-refractivity contribution in [2.75, 3.05) is 10.7 Å². The maximum atomic E-state index is 3.50. The van der Waals surface area contributed by atoms with Crippen LogP contribution in [0.2, 0.25) is 0 Å². The van der Waals surface area contributed by atoms with Crippen molar-refractivity contribution in [3.05, 3.63) is 0 Å². The molecule has 0 aromatic carbocycles. The first kappa shape index (κ1) is 22.0. The van der Waals surface area contributed by atoms with Gasteiger partial charge in [-0.05, 0) is 12.8 Å². The molecule has 0 fully saturated rings. The minimum atomic E-state index is 1.18. The zero-order valence-corrected chi connectivity index (χ0v) is 17.4. The molecule has 0 unspecified atom stereocenters. The summed E-state index contributed by atoms with van der Waals surface area (Å²) in [7, 11) is 0. The lowest BCUT2D eigenvalue weighted by atomic mass is 10.0. The van der Waals surface area contributed by atoms with Crippen molar-refractivity contribution in [1.29, 1.82) is 0 Å². The Balaban J connectivity index is 2.90. The smallest absolute Gasteiger partial charge is 0.00313 e. The van der Waals surface area contributed by atoms with Crippen LogP contribution in [0, 0.1) is 0 Å². The molecule has 0 heterocycles. The van der Waals surface area contributed by atoms with E-state index in [9.17, 15) is 0 Å². The Bertz CT molecular complexity index is 153. The minimum absolute atomic E-state index is 1.18. The standard InChI is InChI=1S/C19H38Br2/c20-18-16-14-12-10-8-6-4-2-1-3-5-7-9-11-13-15-17-19-21/h1-19H2. The first-order valence-corrected chi connectivity index (χ1v) is 11.8. The van der Waals surface area contributed by atoms with E-state index in [1.165, 1.54) is 120 Å².